The molecular formula is C13H17ClN4O2S. The van der Waals surface area contributed by atoms with Crippen molar-refractivity contribution in [2.45, 2.75) is 11.8 Å². The zero-order chi connectivity index (χ0) is 14.3. The average molecular weight is 329 g/mol. The van der Waals surface area contributed by atoms with E-state index in [1.807, 2.05) is 24.3 Å². The van der Waals surface area contributed by atoms with E-state index >= 15 is 0 Å². The maximum Gasteiger partial charge on any atom is 0.267 e. The van der Waals surface area contributed by atoms with Crippen molar-refractivity contribution >= 4 is 33.8 Å². The molecule has 8 heteroatoms. The lowest BCUT2D eigenvalue weighted by molar-refractivity contribution is 0.589. The van der Waals surface area contributed by atoms with Crippen LogP contribution in [0.1, 0.15) is 5.69 Å². The summed E-state index contributed by atoms with van der Waals surface area (Å²) in [6.45, 7) is 2.76. The molecule has 0 atom stereocenters. The summed E-state index contributed by atoms with van der Waals surface area (Å²) < 4.78 is 28.7. The number of nitrogens with zero attached hydrogens (tertiary/aromatic N) is 3. The third-order valence-corrected chi connectivity index (χ3v) is 5.48. The van der Waals surface area contributed by atoms with Gasteiger partial charge in [0.15, 0.2) is 0 Å². The maximum absolute atomic E-state index is 12.8. The van der Waals surface area contributed by atoms with E-state index in [0.717, 1.165) is 5.69 Å². The molecule has 1 aliphatic heterocycles. The van der Waals surface area contributed by atoms with Gasteiger partial charge in [-0.05, 0) is 19.1 Å². The molecule has 0 spiro atoms. The van der Waals surface area contributed by atoms with Crippen molar-refractivity contribution in [2.24, 2.45) is 7.05 Å². The first-order chi connectivity index (χ1) is 9.51. The van der Waals surface area contributed by atoms with Gasteiger partial charge < -0.3 is 5.32 Å². The van der Waals surface area contributed by atoms with Gasteiger partial charge in [0.25, 0.3) is 10.0 Å². The Morgan fingerprint density at radius 1 is 1.29 bits per heavy atom. The predicted octanol–water partition coefficient (Wildman–Crippen LogP) is 1.77. The summed E-state index contributed by atoms with van der Waals surface area (Å²) in [5, 5.41) is 7.24. The Labute approximate surface area is 130 Å². The van der Waals surface area contributed by atoms with Gasteiger partial charge in [0, 0.05) is 13.6 Å². The Balaban J connectivity index is 0.00000161. The third-order valence-electron chi connectivity index (χ3n) is 3.56. The lowest BCUT2D eigenvalue weighted by Crippen LogP contribution is -2.39. The molecule has 1 aromatic heterocycles. The summed E-state index contributed by atoms with van der Waals surface area (Å²) in [7, 11) is -1.84. The molecule has 6 nitrogen and oxygen atoms in total. The van der Waals surface area contributed by atoms with Crippen LogP contribution >= 0.6 is 12.4 Å². The highest BCUT2D eigenvalue weighted by Gasteiger charge is 2.31. The van der Waals surface area contributed by atoms with Crippen molar-refractivity contribution in [3.05, 3.63) is 36.2 Å². The van der Waals surface area contributed by atoms with Gasteiger partial charge in [-0.3, -0.25) is 8.99 Å². The normalized spacial score (nSPS) is 14.1. The molecule has 0 unspecified atom stereocenters. The van der Waals surface area contributed by atoms with Gasteiger partial charge in [0.1, 0.15) is 4.90 Å². The van der Waals surface area contributed by atoms with Crippen molar-refractivity contribution < 1.29 is 8.42 Å². The van der Waals surface area contributed by atoms with Crippen LogP contribution in [0.15, 0.2) is 35.4 Å². The smallest absolute Gasteiger partial charge is 0.267 e. The molecule has 1 aliphatic rings. The van der Waals surface area contributed by atoms with Gasteiger partial charge in [-0.15, -0.1) is 12.4 Å². The van der Waals surface area contributed by atoms with E-state index in [1.54, 1.807) is 18.7 Å². The van der Waals surface area contributed by atoms with Crippen LogP contribution in [-0.2, 0) is 17.1 Å². The third kappa shape index (κ3) is 2.47. The zero-order valence-corrected chi connectivity index (χ0v) is 13.4. The van der Waals surface area contributed by atoms with Crippen LogP contribution in [-0.4, -0.2) is 31.3 Å². The molecule has 0 radical (unpaired) electrons. The largest absolute Gasteiger partial charge is 0.382 e. The van der Waals surface area contributed by atoms with Crippen LogP contribution in [0.3, 0.4) is 0 Å². The fourth-order valence-corrected chi connectivity index (χ4v) is 4.03. The molecule has 1 aromatic carbocycles. The number of hydrogen-bond donors (Lipinski definition) is 1. The number of sulfonamides is 1. The van der Waals surface area contributed by atoms with E-state index in [4.69, 9.17) is 0 Å². The van der Waals surface area contributed by atoms with Crippen LogP contribution < -0.4 is 9.62 Å². The first kappa shape index (κ1) is 15.7. The molecule has 2 aromatic rings. The molecule has 0 fully saturated rings. The van der Waals surface area contributed by atoms with Gasteiger partial charge in [0.2, 0.25) is 0 Å². The summed E-state index contributed by atoms with van der Waals surface area (Å²) in [5.41, 5.74) is 2.16. The van der Waals surface area contributed by atoms with Gasteiger partial charge in [-0.2, -0.15) is 5.10 Å². The second kappa shape index (κ2) is 5.57. The van der Waals surface area contributed by atoms with E-state index in [2.05, 4.69) is 10.4 Å². The van der Waals surface area contributed by atoms with E-state index in [0.29, 0.717) is 24.5 Å². The van der Waals surface area contributed by atoms with Crippen molar-refractivity contribution in [2.75, 3.05) is 22.7 Å². The monoisotopic (exact) mass is 328 g/mol. The van der Waals surface area contributed by atoms with Crippen LogP contribution in [0.4, 0.5) is 11.4 Å². The minimum absolute atomic E-state index is 0. The molecule has 114 valence electrons. The van der Waals surface area contributed by atoms with Crippen LogP contribution in [0.5, 0.6) is 0 Å². The standard InChI is InChI=1S/C13H16N4O2S.ClH/c1-10-13(9-15-16(10)2)20(18,19)17-8-7-14-11-5-3-4-6-12(11)17;/h3-6,9,14H,7-8H2,1-2H3;1H. The van der Waals surface area contributed by atoms with E-state index < -0.39 is 10.0 Å². The minimum atomic E-state index is -3.58. The number of para-hydroxylation sites is 2. The van der Waals surface area contributed by atoms with Crippen LogP contribution in [0.2, 0.25) is 0 Å². The zero-order valence-electron chi connectivity index (χ0n) is 11.8. The number of aryl methyl sites for hydroxylation is 1. The van der Waals surface area contributed by atoms with E-state index in [1.165, 1.54) is 10.5 Å². The minimum Gasteiger partial charge on any atom is -0.382 e. The summed E-state index contributed by atoms with van der Waals surface area (Å²) in [6, 6.07) is 7.42. The Morgan fingerprint density at radius 2 is 2.00 bits per heavy atom. The second-order valence-electron chi connectivity index (χ2n) is 4.74. The molecule has 2 heterocycles. The van der Waals surface area contributed by atoms with Crippen LogP contribution in [0.25, 0.3) is 0 Å². The number of benzene rings is 1. The van der Waals surface area contributed by atoms with E-state index in [9.17, 15) is 8.42 Å². The highest BCUT2D eigenvalue weighted by atomic mass is 35.5. The Kier molecular flexibility index (Phi) is 4.15. The highest BCUT2D eigenvalue weighted by Crippen LogP contribution is 2.33. The highest BCUT2D eigenvalue weighted by molar-refractivity contribution is 7.92. The van der Waals surface area contributed by atoms with E-state index in [-0.39, 0.29) is 17.3 Å². The second-order valence-corrected chi connectivity index (χ2v) is 6.57. The number of halogens is 1. The van der Waals surface area contributed by atoms with Gasteiger partial charge in [0.05, 0.1) is 29.8 Å². The first-order valence-corrected chi connectivity index (χ1v) is 7.80. The van der Waals surface area contributed by atoms with Gasteiger partial charge in [-0.25, -0.2) is 8.42 Å². The fourth-order valence-electron chi connectivity index (χ4n) is 2.35. The van der Waals surface area contributed by atoms with Crippen molar-refractivity contribution in [3.63, 3.8) is 0 Å². The molecule has 21 heavy (non-hydrogen) atoms. The molecule has 1 N–H and O–H groups in total. The molecule has 0 aliphatic carbocycles. The molecule has 3 rings (SSSR count). The summed E-state index contributed by atoms with van der Waals surface area (Å²) >= 11 is 0. The lowest BCUT2D eigenvalue weighted by Gasteiger charge is -2.30. The van der Waals surface area contributed by atoms with Gasteiger partial charge >= 0.3 is 0 Å². The molecule has 0 saturated carbocycles. The van der Waals surface area contributed by atoms with Crippen LogP contribution in [0, 0.1) is 6.92 Å². The maximum atomic E-state index is 12.8. The molecule has 0 amide bonds. The summed E-state index contributed by atoms with van der Waals surface area (Å²) in [5.74, 6) is 0. The Hall–Kier alpha value is -1.73. The number of nitrogens with one attached hydrogen (secondary N) is 1. The molecular weight excluding hydrogens is 312 g/mol. The van der Waals surface area contributed by atoms with Crippen molar-refractivity contribution in [3.8, 4) is 0 Å². The topological polar surface area (TPSA) is 67.2 Å². The molecule has 0 bridgehead atoms. The number of rotatable bonds is 2. The quantitative estimate of drug-likeness (QED) is 0.912. The summed E-state index contributed by atoms with van der Waals surface area (Å²) in [4.78, 5) is 0.261. The van der Waals surface area contributed by atoms with Crippen molar-refractivity contribution in [1.29, 1.82) is 0 Å². The summed E-state index contributed by atoms with van der Waals surface area (Å²) in [6.07, 6.45) is 1.41. The SMILES string of the molecule is Cc1c(S(=O)(=O)N2CCNc3ccccc32)cnn1C.Cl. The number of anilines is 2. The van der Waals surface area contributed by atoms with Gasteiger partial charge in [-0.1, -0.05) is 12.1 Å². The average Bonchev–Trinajstić information content (AvgIpc) is 2.79. The van der Waals surface area contributed by atoms with Crippen molar-refractivity contribution in [1.82, 2.24) is 9.78 Å². The fraction of sp³-hybridized carbons (Fsp3) is 0.308. The Bertz CT molecular complexity index is 757. The number of fused-ring (bicyclic) bond motifs is 1. The Morgan fingerprint density at radius 3 is 2.67 bits per heavy atom. The number of hydrogen-bond acceptors (Lipinski definition) is 4. The molecule has 0 saturated heterocycles. The predicted molar refractivity (Wildman–Crippen MR) is 84.7 cm³/mol. The lowest BCUT2D eigenvalue weighted by atomic mass is 10.2. The number of aromatic nitrogens is 2. The first-order valence-electron chi connectivity index (χ1n) is 6.36.